The first-order chi connectivity index (χ1) is 7.19. The van der Waals surface area contributed by atoms with Crippen LogP contribution in [0.5, 0.6) is 5.75 Å². The number of halogens is 1. The molecule has 1 atom stereocenters. The van der Waals surface area contributed by atoms with Crippen LogP contribution in [0.3, 0.4) is 0 Å². The SMILES string of the molecule is CC(C)(F)C(N)(C(=O)O)c1ccc(O)cc1. The average molecular weight is 227 g/mol. The lowest BCUT2D eigenvalue weighted by atomic mass is 9.78. The Kier molecular flexibility index (Phi) is 2.92. The van der Waals surface area contributed by atoms with E-state index < -0.39 is 17.2 Å². The summed E-state index contributed by atoms with van der Waals surface area (Å²) in [6.07, 6.45) is 0. The van der Waals surface area contributed by atoms with Crippen molar-refractivity contribution >= 4 is 5.97 Å². The van der Waals surface area contributed by atoms with Gasteiger partial charge in [-0.15, -0.1) is 0 Å². The highest BCUT2D eigenvalue weighted by Crippen LogP contribution is 2.34. The van der Waals surface area contributed by atoms with Crippen molar-refractivity contribution in [1.82, 2.24) is 0 Å². The van der Waals surface area contributed by atoms with Crippen molar-refractivity contribution < 1.29 is 19.4 Å². The van der Waals surface area contributed by atoms with E-state index in [9.17, 15) is 9.18 Å². The molecular formula is C11H14FNO3. The Hall–Kier alpha value is -1.62. The van der Waals surface area contributed by atoms with Crippen molar-refractivity contribution in [2.24, 2.45) is 5.73 Å². The van der Waals surface area contributed by atoms with E-state index in [2.05, 4.69) is 0 Å². The Morgan fingerprint density at radius 3 is 2.06 bits per heavy atom. The molecule has 5 heteroatoms. The molecule has 0 radical (unpaired) electrons. The Labute approximate surface area is 92.5 Å². The van der Waals surface area contributed by atoms with Gasteiger partial charge in [0.1, 0.15) is 11.4 Å². The minimum Gasteiger partial charge on any atom is -0.508 e. The maximum atomic E-state index is 13.9. The van der Waals surface area contributed by atoms with Gasteiger partial charge in [-0.3, -0.25) is 0 Å². The standard InChI is InChI=1S/C11H14FNO3/c1-10(2,12)11(13,9(15)16)7-3-5-8(14)6-4-7/h3-6,14H,13H2,1-2H3,(H,15,16). The van der Waals surface area contributed by atoms with Crippen LogP contribution >= 0.6 is 0 Å². The Morgan fingerprint density at radius 2 is 1.75 bits per heavy atom. The smallest absolute Gasteiger partial charge is 0.331 e. The molecule has 88 valence electrons. The number of aliphatic carboxylic acids is 1. The minimum atomic E-state index is -2.14. The second-order valence-corrected chi connectivity index (χ2v) is 4.13. The normalized spacial score (nSPS) is 15.5. The summed E-state index contributed by atoms with van der Waals surface area (Å²) in [5, 5.41) is 18.1. The third-order valence-electron chi connectivity index (χ3n) is 2.60. The lowest BCUT2D eigenvalue weighted by molar-refractivity contribution is -0.149. The van der Waals surface area contributed by atoms with Crippen LogP contribution in [0.4, 0.5) is 4.39 Å². The molecule has 0 aliphatic rings. The van der Waals surface area contributed by atoms with Crippen LogP contribution in [0.2, 0.25) is 0 Å². The maximum Gasteiger partial charge on any atom is 0.331 e. The molecule has 0 heterocycles. The first-order valence-corrected chi connectivity index (χ1v) is 4.70. The van der Waals surface area contributed by atoms with Crippen LogP contribution < -0.4 is 5.73 Å². The van der Waals surface area contributed by atoms with E-state index >= 15 is 0 Å². The molecule has 0 spiro atoms. The van der Waals surface area contributed by atoms with E-state index in [1.54, 1.807) is 0 Å². The summed E-state index contributed by atoms with van der Waals surface area (Å²) in [5.74, 6) is -1.49. The van der Waals surface area contributed by atoms with E-state index in [4.69, 9.17) is 15.9 Å². The van der Waals surface area contributed by atoms with Gasteiger partial charge in [-0.25, -0.2) is 9.18 Å². The molecule has 0 aliphatic carbocycles. The Balaban J connectivity index is 3.34. The van der Waals surface area contributed by atoms with E-state index in [0.717, 1.165) is 13.8 Å². The minimum absolute atomic E-state index is 0.0341. The zero-order chi connectivity index (χ0) is 12.6. The quantitative estimate of drug-likeness (QED) is 0.728. The van der Waals surface area contributed by atoms with Gasteiger partial charge in [0.15, 0.2) is 5.54 Å². The van der Waals surface area contributed by atoms with Gasteiger partial charge in [-0.1, -0.05) is 12.1 Å². The summed E-state index contributed by atoms with van der Waals surface area (Å²) in [6.45, 7) is 2.21. The molecule has 0 amide bonds. The van der Waals surface area contributed by atoms with Crippen LogP contribution in [0.25, 0.3) is 0 Å². The molecule has 0 fully saturated rings. The molecule has 1 aromatic rings. The molecule has 1 rings (SSSR count). The number of hydrogen-bond acceptors (Lipinski definition) is 3. The number of nitrogens with two attached hydrogens (primary N) is 1. The van der Waals surface area contributed by atoms with E-state index in [1.165, 1.54) is 24.3 Å². The van der Waals surface area contributed by atoms with Crippen molar-refractivity contribution in [2.75, 3.05) is 0 Å². The van der Waals surface area contributed by atoms with Gasteiger partial charge in [0.2, 0.25) is 0 Å². The number of aromatic hydroxyl groups is 1. The van der Waals surface area contributed by atoms with Gasteiger partial charge in [0.05, 0.1) is 0 Å². The molecule has 1 aromatic carbocycles. The highest BCUT2D eigenvalue weighted by Gasteiger charge is 2.50. The average Bonchev–Trinajstić information content (AvgIpc) is 2.15. The number of hydrogen-bond donors (Lipinski definition) is 3. The van der Waals surface area contributed by atoms with Crippen molar-refractivity contribution in [3.8, 4) is 5.75 Å². The summed E-state index contributed by atoms with van der Waals surface area (Å²) in [5.41, 5.74) is 1.47. The monoisotopic (exact) mass is 227 g/mol. The second-order valence-electron chi connectivity index (χ2n) is 4.13. The number of rotatable bonds is 3. The second kappa shape index (κ2) is 3.75. The summed E-state index contributed by atoms with van der Waals surface area (Å²) in [4.78, 5) is 11.1. The lowest BCUT2D eigenvalue weighted by Crippen LogP contribution is -2.57. The van der Waals surface area contributed by atoms with Gasteiger partial charge in [-0.2, -0.15) is 0 Å². The predicted molar refractivity (Wildman–Crippen MR) is 56.8 cm³/mol. The van der Waals surface area contributed by atoms with Gasteiger partial charge in [0.25, 0.3) is 0 Å². The third-order valence-corrected chi connectivity index (χ3v) is 2.60. The number of phenols is 1. The lowest BCUT2D eigenvalue weighted by Gasteiger charge is -2.34. The molecule has 16 heavy (non-hydrogen) atoms. The van der Waals surface area contributed by atoms with Crippen LogP contribution in [0.15, 0.2) is 24.3 Å². The molecule has 1 unspecified atom stereocenters. The van der Waals surface area contributed by atoms with Crippen molar-refractivity contribution in [3.63, 3.8) is 0 Å². The highest BCUT2D eigenvalue weighted by molar-refractivity contribution is 5.82. The number of alkyl halides is 1. The predicted octanol–water partition coefficient (Wildman–Crippen LogP) is 1.38. The summed E-state index contributed by atoms with van der Waals surface area (Å²) in [6, 6.07) is 5.13. The Bertz CT molecular complexity index is 397. The van der Waals surface area contributed by atoms with Gasteiger partial charge < -0.3 is 15.9 Å². The molecule has 0 aliphatic heterocycles. The van der Waals surface area contributed by atoms with E-state index in [-0.39, 0.29) is 11.3 Å². The number of phenolic OH excluding ortho intramolecular Hbond substituents is 1. The fourth-order valence-corrected chi connectivity index (χ4v) is 1.45. The van der Waals surface area contributed by atoms with E-state index in [1.807, 2.05) is 0 Å². The maximum absolute atomic E-state index is 13.9. The highest BCUT2D eigenvalue weighted by atomic mass is 19.1. The van der Waals surface area contributed by atoms with Crippen molar-refractivity contribution in [2.45, 2.75) is 25.1 Å². The van der Waals surface area contributed by atoms with E-state index in [0.29, 0.717) is 0 Å². The first kappa shape index (κ1) is 12.4. The van der Waals surface area contributed by atoms with Gasteiger partial charge in [-0.05, 0) is 31.5 Å². The van der Waals surface area contributed by atoms with Gasteiger partial charge in [0, 0.05) is 0 Å². The first-order valence-electron chi connectivity index (χ1n) is 4.70. The van der Waals surface area contributed by atoms with Crippen LogP contribution in [0.1, 0.15) is 19.4 Å². The number of carboxylic acids is 1. The van der Waals surface area contributed by atoms with Crippen molar-refractivity contribution in [1.29, 1.82) is 0 Å². The number of carboxylic acid groups (broad SMARTS) is 1. The topological polar surface area (TPSA) is 83.6 Å². The third kappa shape index (κ3) is 1.86. The summed E-state index contributed by atoms with van der Waals surface area (Å²) >= 11 is 0. The largest absolute Gasteiger partial charge is 0.508 e. The zero-order valence-corrected chi connectivity index (χ0v) is 9.07. The van der Waals surface area contributed by atoms with Crippen LogP contribution in [-0.2, 0) is 10.3 Å². The number of benzene rings is 1. The van der Waals surface area contributed by atoms with Crippen LogP contribution in [-0.4, -0.2) is 21.9 Å². The molecule has 0 aromatic heterocycles. The molecule has 0 saturated carbocycles. The summed E-state index contributed by atoms with van der Waals surface area (Å²) in [7, 11) is 0. The molecule has 4 N–H and O–H groups in total. The molecule has 4 nitrogen and oxygen atoms in total. The van der Waals surface area contributed by atoms with Gasteiger partial charge >= 0.3 is 5.97 Å². The fraction of sp³-hybridized carbons (Fsp3) is 0.364. The van der Waals surface area contributed by atoms with Crippen molar-refractivity contribution in [3.05, 3.63) is 29.8 Å². The molecular weight excluding hydrogens is 213 g/mol. The fourth-order valence-electron chi connectivity index (χ4n) is 1.45. The molecule has 0 saturated heterocycles. The number of carbonyl (C=O) groups is 1. The van der Waals surface area contributed by atoms with Crippen LogP contribution in [0, 0.1) is 0 Å². The summed E-state index contributed by atoms with van der Waals surface area (Å²) < 4.78 is 13.9. The Morgan fingerprint density at radius 1 is 1.31 bits per heavy atom. The zero-order valence-electron chi connectivity index (χ0n) is 9.07. The molecule has 0 bridgehead atoms.